The number of halogens is 5. The first kappa shape index (κ1) is 20.2. The van der Waals surface area contributed by atoms with Crippen molar-refractivity contribution in [3.63, 3.8) is 0 Å². The Morgan fingerprint density at radius 3 is 2.61 bits per heavy atom. The second-order valence-corrected chi connectivity index (χ2v) is 7.42. The molecule has 0 saturated heterocycles. The Hall–Kier alpha value is -2.53. The number of nitrogens with zero attached hydrogens (tertiary/aromatic N) is 3. The van der Waals surface area contributed by atoms with Gasteiger partial charge in [-0.2, -0.15) is 13.2 Å². The van der Waals surface area contributed by atoms with Gasteiger partial charge in [-0.15, -0.1) is 11.8 Å². The maximum absolute atomic E-state index is 14.5. The Labute approximate surface area is 163 Å². The molecule has 0 amide bonds. The molecule has 0 aliphatic carbocycles. The lowest BCUT2D eigenvalue weighted by atomic mass is 10.3. The predicted molar refractivity (Wildman–Crippen MR) is 93.7 cm³/mol. The maximum atomic E-state index is 14.5. The number of thioether (sulfide) groups is 1. The van der Waals surface area contributed by atoms with Crippen LogP contribution in [0.4, 0.5) is 17.6 Å². The van der Waals surface area contributed by atoms with Crippen molar-refractivity contribution in [3.05, 3.63) is 57.5 Å². The molecule has 3 rings (SSSR count). The third-order valence-corrected chi connectivity index (χ3v) is 5.32. The van der Waals surface area contributed by atoms with Crippen molar-refractivity contribution in [1.82, 2.24) is 14.0 Å². The van der Waals surface area contributed by atoms with Crippen LogP contribution in [-0.4, -0.2) is 30.3 Å². The van der Waals surface area contributed by atoms with Gasteiger partial charge in [0.25, 0.3) is 5.56 Å². The van der Waals surface area contributed by atoms with E-state index in [0.717, 1.165) is 36.3 Å². The highest BCUT2D eigenvalue weighted by Crippen LogP contribution is 2.34. The van der Waals surface area contributed by atoms with Crippen LogP contribution in [0, 0.1) is 5.82 Å². The molecule has 0 aliphatic rings. The fraction of sp³-hybridized carbons (Fsp3) is 0.188. The van der Waals surface area contributed by atoms with E-state index < -0.39 is 45.9 Å². The summed E-state index contributed by atoms with van der Waals surface area (Å²) in [5.41, 5.74) is -2.82. The van der Waals surface area contributed by atoms with Crippen molar-refractivity contribution < 1.29 is 27.5 Å². The number of carboxylic acid groups (broad SMARTS) is 1. The summed E-state index contributed by atoms with van der Waals surface area (Å²) in [7, 11) is 0. The lowest BCUT2D eigenvalue weighted by Crippen LogP contribution is -2.26. The number of aromatic nitrogens is 3. The summed E-state index contributed by atoms with van der Waals surface area (Å²) >= 11 is 6.74. The van der Waals surface area contributed by atoms with Gasteiger partial charge in [-0.25, -0.2) is 13.9 Å². The number of hydrogen-bond acceptors (Lipinski definition) is 4. The van der Waals surface area contributed by atoms with E-state index in [1.807, 2.05) is 0 Å². The molecule has 12 heteroatoms. The minimum absolute atomic E-state index is 0.0985. The standard InChI is InChI=1S/C16H10ClF4N3O3S/c1-7(14(26)27)28-11-5-10(9(18)4-8(11)17)24-13(25)6-12(16(19,20)21)23-3-2-22-15(23)24/h2-7H,1H3,(H,26,27). The summed E-state index contributed by atoms with van der Waals surface area (Å²) in [6.07, 6.45) is -2.80. The molecular formula is C16H10ClF4N3O3S. The van der Waals surface area contributed by atoms with Gasteiger partial charge in [-0.3, -0.25) is 14.0 Å². The molecule has 0 spiro atoms. The highest BCUT2D eigenvalue weighted by atomic mass is 35.5. The molecule has 0 radical (unpaired) electrons. The van der Waals surface area contributed by atoms with E-state index in [0.29, 0.717) is 15.0 Å². The van der Waals surface area contributed by atoms with Crippen molar-refractivity contribution >= 4 is 35.1 Å². The van der Waals surface area contributed by atoms with Crippen LogP contribution in [0.5, 0.6) is 0 Å². The summed E-state index contributed by atoms with van der Waals surface area (Å²) in [4.78, 5) is 27.3. The zero-order valence-electron chi connectivity index (χ0n) is 13.9. The average molecular weight is 436 g/mol. The van der Waals surface area contributed by atoms with Crippen LogP contribution < -0.4 is 5.56 Å². The van der Waals surface area contributed by atoms with Gasteiger partial charge in [0.05, 0.1) is 10.7 Å². The molecule has 2 aromatic heterocycles. The molecular weight excluding hydrogens is 426 g/mol. The lowest BCUT2D eigenvalue weighted by molar-refractivity contribution is -0.142. The molecule has 2 heterocycles. The first-order valence-corrected chi connectivity index (χ1v) is 8.81. The molecule has 3 aromatic rings. The van der Waals surface area contributed by atoms with E-state index in [1.54, 1.807) is 0 Å². The molecule has 148 valence electrons. The van der Waals surface area contributed by atoms with Gasteiger partial charge in [-0.1, -0.05) is 11.6 Å². The van der Waals surface area contributed by atoms with Crippen molar-refractivity contribution in [2.75, 3.05) is 0 Å². The summed E-state index contributed by atoms with van der Waals surface area (Å²) in [5, 5.41) is 7.99. The number of aliphatic carboxylic acids is 1. The van der Waals surface area contributed by atoms with E-state index in [2.05, 4.69) is 4.98 Å². The lowest BCUT2D eigenvalue weighted by Gasteiger charge is -2.15. The Kier molecular flexibility index (Phi) is 5.15. The number of benzene rings is 1. The third-order valence-electron chi connectivity index (χ3n) is 3.75. The normalized spacial score (nSPS) is 13.1. The monoisotopic (exact) mass is 435 g/mol. The van der Waals surface area contributed by atoms with Crippen LogP contribution >= 0.6 is 23.4 Å². The molecule has 0 bridgehead atoms. The Morgan fingerprint density at radius 2 is 2.00 bits per heavy atom. The molecule has 28 heavy (non-hydrogen) atoms. The topological polar surface area (TPSA) is 76.6 Å². The van der Waals surface area contributed by atoms with Gasteiger partial charge >= 0.3 is 12.1 Å². The van der Waals surface area contributed by atoms with Crippen molar-refractivity contribution in [2.24, 2.45) is 0 Å². The van der Waals surface area contributed by atoms with Gasteiger partial charge < -0.3 is 5.11 Å². The zero-order chi connectivity index (χ0) is 20.8. The quantitative estimate of drug-likeness (QED) is 0.497. The highest BCUT2D eigenvalue weighted by Gasteiger charge is 2.35. The molecule has 0 fully saturated rings. The van der Waals surface area contributed by atoms with Gasteiger partial charge in [0.15, 0.2) is 0 Å². The molecule has 0 saturated carbocycles. The van der Waals surface area contributed by atoms with Crippen LogP contribution in [-0.2, 0) is 11.0 Å². The summed E-state index contributed by atoms with van der Waals surface area (Å²) < 4.78 is 55.3. The van der Waals surface area contributed by atoms with Gasteiger partial charge in [0.1, 0.15) is 16.8 Å². The van der Waals surface area contributed by atoms with Crippen LogP contribution in [0.1, 0.15) is 12.6 Å². The smallest absolute Gasteiger partial charge is 0.432 e. The van der Waals surface area contributed by atoms with Crippen LogP contribution in [0.3, 0.4) is 0 Å². The summed E-state index contributed by atoms with van der Waals surface area (Å²) in [6, 6.07) is 2.29. The first-order valence-electron chi connectivity index (χ1n) is 7.56. The molecule has 1 unspecified atom stereocenters. The van der Waals surface area contributed by atoms with Crippen LogP contribution in [0.25, 0.3) is 11.5 Å². The fourth-order valence-electron chi connectivity index (χ4n) is 2.46. The van der Waals surface area contributed by atoms with Crippen molar-refractivity contribution in [1.29, 1.82) is 0 Å². The second kappa shape index (κ2) is 7.13. The first-order chi connectivity index (χ1) is 13.0. The minimum Gasteiger partial charge on any atom is -0.480 e. The Balaban J connectivity index is 2.26. The van der Waals surface area contributed by atoms with Gasteiger partial charge in [0, 0.05) is 23.4 Å². The van der Waals surface area contributed by atoms with Crippen LogP contribution in [0.15, 0.2) is 40.3 Å². The highest BCUT2D eigenvalue weighted by molar-refractivity contribution is 8.00. The molecule has 1 aromatic carbocycles. The van der Waals surface area contributed by atoms with E-state index in [1.165, 1.54) is 6.92 Å². The minimum atomic E-state index is -4.83. The molecule has 0 aliphatic heterocycles. The molecule has 1 atom stereocenters. The van der Waals surface area contributed by atoms with Gasteiger partial charge in [0.2, 0.25) is 5.78 Å². The molecule has 1 N–H and O–H groups in total. The number of carboxylic acids is 1. The largest absolute Gasteiger partial charge is 0.480 e. The van der Waals surface area contributed by atoms with Gasteiger partial charge in [-0.05, 0) is 19.1 Å². The summed E-state index contributed by atoms with van der Waals surface area (Å²) in [6.45, 7) is 1.38. The van der Waals surface area contributed by atoms with E-state index >= 15 is 0 Å². The number of fused-ring (bicyclic) bond motifs is 1. The van der Waals surface area contributed by atoms with E-state index in [-0.39, 0.29) is 9.92 Å². The summed E-state index contributed by atoms with van der Waals surface area (Å²) in [5.74, 6) is -2.58. The van der Waals surface area contributed by atoms with Crippen molar-refractivity contribution in [2.45, 2.75) is 23.2 Å². The number of imidazole rings is 1. The fourth-order valence-corrected chi connectivity index (χ4v) is 3.58. The predicted octanol–water partition coefficient (Wildman–Crippen LogP) is 3.86. The maximum Gasteiger partial charge on any atom is 0.432 e. The number of hydrogen-bond donors (Lipinski definition) is 1. The van der Waals surface area contributed by atoms with E-state index in [4.69, 9.17) is 16.7 Å². The Bertz CT molecular complexity index is 1140. The number of carbonyl (C=O) groups is 1. The zero-order valence-corrected chi connectivity index (χ0v) is 15.4. The number of rotatable bonds is 4. The number of alkyl halides is 3. The third kappa shape index (κ3) is 3.59. The molecule has 6 nitrogen and oxygen atoms in total. The Morgan fingerprint density at radius 1 is 1.32 bits per heavy atom. The van der Waals surface area contributed by atoms with Crippen molar-refractivity contribution in [3.8, 4) is 5.69 Å². The second-order valence-electron chi connectivity index (χ2n) is 5.63. The van der Waals surface area contributed by atoms with E-state index in [9.17, 15) is 27.2 Å². The average Bonchev–Trinajstić information content (AvgIpc) is 3.05. The SMILES string of the molecule is CC(Sc1cc(-n2c(=O)cc(C(F)(F)F)n3ccnc23)c(F)cc1Cl)C(=O)O. The van der Waals surface area contributed by atoms with Crippen LogP contribution in [0.2, 0.25) is 5.02 Å².